The van der Waals surface area contributed by atoms with Crippen molar-refractivity contribution in [3.63, 3.8) is 0 Å². The fourth-order valence-corrected chi connectivity index (χ4v) is 5.61. The molecule has 6 rings (SSSR count). The van der Waals surface area contributed by atoms with Crippen LogP contribution in [0.1, 0.15) is 63.0 Å². The van der Waals surface area contributed by atoms with Gasteiger partial charge in [-0.2, -0.15) is 9.97 Å². The summed E-state index contributed by atoms with van der Waals surface area (Å²) in [5.74, 6) is 1.43. The molecule has 0 bridgehead atoms. The topological polar surface area (TPSA) is 107 Å². The summed E-state index contributed by atoms with van der Waals surface area (Å²) in [5.41, 5.74) is 11.2. The van der Waals surface area contributed by atoms with Crippen molar-refractivity contribution in [3.8, 4) is 11.3 Å². The normalized spacial score (nSPS) is 20.6. The van der Waals surface area contributed by atoms with Crippen LogP contribution in [0.3, 0.4) is 0 Å². The Kier molecular flexibility index (Phi) is 6.51. The number of benzene rings is 1. The fourth-order valence-electron chi connectivity index (χ4n) is 5.61. The van der Waals surface area contributed by atoms with Gasteiger partial charge in [-0.25, -0.2) is 4.98 Å². The van der Waals surface area contributed by atoms with E-state index in [2.05, 4.69) is 44.5 Å². The molecule has 0 saturated heterocycles. The van der Waals surface area contributed by atoms with Crippen LogP contribution in [0.2, 0.25) is 0 Å². The Balaban J connectivity index is 1.26. The van der Waals surface area contributed by atoms with Gasteiger partial charge in [0.1, 0.15) is 0 Å². The lowest BCUT2D eigenvalue weighted by molar-refractivity contribution is 0.408. The second-order valence-corrected chi connectivity index (χ2v) is 10.2. The molecule has 2 fully saturated rings. The van der Waals surface area contributed by atoms with E-state index in [1.54, 1.807) is 0 Å². The van der Waals surface area contributed by atoms with Crippen molar-refractivity contribution in [1.29, 1.82) is 0 Å². The van der Waals surface area contributed by atoms with Crippen molar-refractivity contribution >= 4 is 22.9 Å². The number of hydrogen-bond acceptors (Lipinski definition) is 7. The van der Waals surface area contributed by atoms with Crippen LogP contribution in [-0.2, 0) is 6.54 Å². The molecular weight excluding hydrogens is 448 g/mol. The number of imidazole rings is 1. The van der Waals surface area contributed by atoms with Crippen molar-refractivity contribution in [2.75, 3.05) is 10.6 Å². The minimum atomic E-state index is 0.246. The van der Waals surface area contributed by atoms with E-state index in [4.69, 9.17) is 20.7 Å². The summed E-state index contributed by atoms with van der Waals surface area (Å²) in [5, 5.41) is 7.13. The van der Waals surface area contributed by atoms with Gasteiger partial charge in [0, 0.05) is 36.4 Å². The largest absolute Gasteiger partial charge is 0.364 e. The Morgan fingerprint density at radius 1 is 0.917 bits per heavy atom. The van der Waals surface area contributed by atoms with E-state index in [0.717, 1.165) is 53.9 Å². The first-order valence-corrected chi connectivity index (χ1v) is 13.2. The lowest BCUT2D eigenvalue weighted by Gasteiger charge is -2.27. The van der Waals surface area contributed by atoms with Crippen LogP contribution in [0.25, 0.3) is 22.4 Å². The highest BCUT2D eigenvalue weighted by atomic mass is 15.2. The first-order valence-electron chi connectivity index (χ1n) is 13.2. The summed E-state index contributed by atoms with van der Waals surface area (Å²) in [4.78, 5) is 19.0. The maximum Gasteiger partial charge on any atom is 0.227 e. The average Bonchev–Trinajstić information content (AvgIpc) is 3.58. The Bertz CT molecular complexity index is 1290. The van der Waals surface area contributed by atoms with Crippen LogP contribution >= 0.6 is 0 Å². The number of pyridine rings is 1. The van der Waals surface area contributed by atoms with Gasteiger partial charge in [0.05, 0.1) is 12.0 Å². The van der Waals surface area contributed by atoms with Gasteiger partial charge in [0.25, 0.3) is 0 Å². The van der Waals surface area contributed by atoms with Gasteiger partial charge in [-0.1, -0.05) is 43.2 Å². The van der Waals surface area contributed by atoms with Crippen molar-refractivity contribution in [3.05, 3.63) is 60.6 Å². The molecule has 36 heavy (non-hydrogen) atoms. The number of nitrogens with one attached hydrogen (secondary N) is 2. The SMILES string of the molecule is NC1CCCC(Nc2nc(NCc3ccc(-c4ccccn4)cc3)c3ncn(C4CCCC4)c3n2)C1. The summed E-state index contributed by atoms with van der Waals surface area (Å²) in [7, 11) is 0. The maximum absolute atomic E-state index is 6.24. The van der Waals surface area contributed by atoms with Gasteiger partial charge < -0.3 is 20.9 Å². The molecule has 3 heterocycles. The van der Waals surface area contributed by atoms with Crippen LogP contribution in [0, 0.1) is 0 Å². The highest BCUT2D eigenvalue weighted by Crippen LogP contribution is 2.33. The second kappa shape index (κ2) is 10.2. The van der Waals surface area contributed by atoms with Gasteiger partial charge in [0.2, 0.25) is 5.95 Å². The third-order valence-electron chi connectivity index (χ3n) is 7.56. The molecule has 0 spiro atoms. The lowest BCUT2D eigenvalue weighted by Crippen LogP contribution is -2.35. The first-order chi connectivity index (χ1) is 17.7. The van der Waals surface area contributed by atoms with Crippen LogP contribution < -0.4 is 16.4 Å². The van der Waals surface area contributed by atoms with E-state index >= 15 is 0 Å². The van der Waals surface area contributed by atoms with Crippen LogP contribution in [0.5, 0.6) is 0 Å². The Hall–Kier alpha value is -3.52. The van der Waals surface area contributed by atoms with E-state index in [0.29, 0.717) is 24.6 Å². The molecule has 4 N–H and O–H groups in total. The van der Waals surface area contributed by atoms with E-state index in [1.165, 1.54) is 31.2 Å². The Morgan fingerprint density at radius 3 is 2.56 bits per heavy atom. The fraction of sp³-hybridized carbons (Fsp3) is 0.429. The molecule has 2 aliphatic rings. The summed E-state index contributed by atoms with van der Waals surface area (Å²) in [6.07, 6.45) is 12.9. The standard InChI is InChI=1S/C28H34N8/c29-21-6-5-7-22(16-21)33-28-34-26(25-27(35-28)36(18-32-25)23-8-1-2-9-23)31-17-19-11-13-20(14-12-19)24-10-3-4-15-30-24/h3-4,10-15,18,21-23H,1-2,5-9,16-17,29H2,(H2,31,33,34,35). The highest BCUT2D eigenvalue weighted by Gasteiger charge is 2.24. The van der Waals surface area contributed by atoms with Crippen LogP contribution in [0.15, 0.2) is 55.0 Å². The highest BCUT2D eigenvalue weighted by molar-refractivity contribution is 5.84. The molecule has 2 unspecified atom stereocenters. The monoisotopic (exact) mass is 482 g/mol. The predicted octanol–water partition coefficient (Wildman–Crippen LogP) is 5.30. The van der Waals surface area contributed by atoms with Gasteiger partial charge in [-0.3, -0.25) is 4.98 Å². The third kappa shape index (κ3) is 4.91. The molecule has 186 valence electrons. The van der Waals surface area contributed by atoms with Gasteiger partial charge in [0.15, 0.2) is 17.0 Å². The average molecular weight is 483 g/mol. The molecule has 2 saturated carbocycles. The van der Waals surface area contributed by atoms with Crippen molar-refractivity contribution in [1.82, 2.24) is 24.5 Å². The zero-order chi connectivity index (χ0) is 24.3. The van der Waals surface area contributed by atoms with Gasteiger partial charge in [-0.15, -0.1) is 0 Å². The molecule has 3 aromatic heterocycles. The number of anilines is 2. The molecule has 0 amide bonds. The summed E-state index contributed by atoms with van der Waals surface area (Å²) in [6.45, 7) is 0.651. The molecular formula is C28H34N8. The van der Waals surface area contributed by atoms with Gasteiger partial charge in [-0.05, 0) is 56.2 Å². The maximum atomic E-state index is 6.24. The van der Waals surface area contributed by atoms with E-state index in [1.807, 2.05) is 30.7 Å². The quantitative estimate of drug-likeness (QED) is 0.328. The zero-order valence-corrected chi connectivity index (χ0v) is 20.6. The molecule has 2 atom stereocenters. The lowest BCUT2D eigenvalue weighted by atomic mass is 9.92. The molecule has 8 heteroatoms. The van der Waals surface area contributed by atoms with E-state index in [9.17, 15) is 0 Å². The molecule has 1 aromatic carbocycles. The Morgan fingerprint density at radius 2 is 1.78 bits per heavy atom. The molecule has 8 nitrogen and oxygen atoms in total. The Labute approximate surface area is 211 Å². The molecule has 4 aromatic rings. The summed E-state index contributed by atoms with van der Waals surface area (Å²) >= 11 is 0. The predicted molar refractivity (Wildman–Crippen MR) is 144 cm³/mol. The molecule has 2 aliphatic carbocycles. The number of aromatic nitrogens is 5. The zero-order valence-electron chi connectivity index (χ0n) is 20.6. The van der Waals surface area contributed by atoms with E-state index < -0.39 is 0 Å². The van der Waals surface area contributed by atoms with Crippen LogP contribution in [0.4, 0.5) is 11.8 Å². The second-order valence-electron chi connectivity index (χ2n) is 10.2. The van der Waals surface area contributed by atoms with Crippen molar-refractivity contribution in [2.24, 2.45) is 5.73 Å². The number of fused-ring (bicyclic) bond motifs is 1. The van der Waals surface area contributed by atoms with Gasteiger partial charge >= 0.3 is 0 Å². The summed E-state index contributed by atoms with van der Waals surface area (Å²) < 4.78 is 2.26. The number of nitrogens with zero attached hydrogens (tertiary/aromatic N) is 5. The summed E-state index contributed by atoms with van der Waals surface area (Å²) in [6, 6.07) is 15.5. The number of hydrogen-bond donors (Lipinski definition) is 3. The molecule has 0 aliphatic heterocycles. The van der Waals surface area contributed by atoms with Crippen molar-refractivity contribution < 1.29 is 0 Å². The first kappa shape index (κ1) is 22.9. The van der Waals surface area contributed by atoms with E-state index in [-0.39, 0.29) is 6.04 Å². The third-order valence-corrected chi connectivity index (χ3v) is 7.56. The van der Waals surface area contributed by atoms with Crippen LogP contribution in [-0.4, -0.2) is 36.6 Å². The van der Waals surface area contributed by atoms with Crippen molar-refractivity contribution in [2.45, 2.75) is 76.0 Å². The minimum Gasteiger partial charge on any atom is -0.364 e. The number of rotatable bonds is 7. The molecule has 0 radical (unpaired) electrons. The smallest absolute Gasteiger partial charge is 0.227 e. The number of nitrogens with two attached hydrogens (primary N) is 1. The minimum absolute atomic E-state index is 0.246.